The number of carbonyl (C=O) groups excluding carboxylic acids is 1. The molecule has 1 aromatic carbocycles. The summed E-state index contributed by atoms with van der Waals surface area (Å²) in [6.07, 6.45) is 5.31. The molecule has 1 atom stereocenters. The van der Waals surface area contributed by atoms with E-state index in [1.165, 1.54) is 28.2 Å². The summed E-state index contributed by atoms with van der Waals surface area (Å²) in [5.41, 5.74) is 4.12. The fourth-order valence-corrected chi connectivity index (χ4v) is 3.87. The van der Waals surface area contributed by atoms with E-state index in [2.05, 4.69) is 32.6 Å². The highest BCUT2D eigenvalue weighted by Crippen LogP contribution is 2.20. The van der Waals surface area contributed by atoms with E-state index < -0.39 is 0 Å². The molecule has 2 N–H and O–H groups in total. The number of aromatic amines is 1. The Morgan fingerprint density at radius 1 is 1.33 bits per heavy atom. The molecule has 0 saturated heterocycles. The Balaban J connectivity index is 1.39. The lowest BCUT2D eigenvalue weighted by Gasteiger charge is -2.22. The van der Waals surface area contributed by atoms with Crippen molar-refractivity contribution in [2.24, 2.45) is 0 Å². The summed E-state index contributed by atoms with van der Waals surface area (Å²) >= 11 is 1.54. The number of thiazole rings is 1. The van der Waals surface area contributed by atoms with Gasteiger partial charge < -0.3 is 5.32 Å². The minimum Gasteiger partial charge on any atom is -0.348 e. The first-order valence-corrected chi connectivity index (χ1v) is 8.96. The molecular weight excluding hydrogens is 320 g/mol. The monoisotopic (exact) mass is 338 g/mol. The predicted molar refractivity (Wildman–Crippen MR) is 93.2 cm³/mol. The van der Waals surface area contributed by atoms with Crippen LogP contribution in [-0.2, 0) is 19.3 Å². The fraction of sp³-hybridized carbons (Fsp3) is 0.278. The van der Waals surface area contributed by atoms with E-state index in [0.717, 1.165) is 30.7 Å². The Morgan fingerprint density at radius 2 is 2.21 bits per heavy atom. The molecule has 122 valence electrons. The Labute approximate surface area is 144 Å². The molecule has 2 aromatic heterocycles. The lowest BCUT2D eigenvalue weighted by molar-refractivity contribution is 0.0929. The van der Waals surface area contributed by atoms with Crippen LogP contribution in [0.1, 0.15) is 38.7 Å². The molecule has 1 aliphatic carbocycles. The summed E-state index contributed by atoms with van der Waals surface area (Å²) in [6.45, 7) is 0. The number of hydrogen-bond donors (Lipinski definition) is 2. The maximum Gasteiger partial charge on any atom is 0.270 e. The highest BCUT2D eigenvalue weighted by atomic mass is 32.1. The maximum atomic E-state index is 12.4. The van der Waals surface area contributed by atoms with Crippen molar-refractivity contribution >= 4 is 17.2 Å². The third kappa shape index (κ3) is 3.23. The van der Waals surface area contributed by atoms with Gasteiger partial charge in [-0.25, -0.2) is 4.98 Å². The Kier molecular flexibility index (Phi) is 4.13. The molecule has 0 spiro atoms. The van der Waals surface area contributed by atoms with Gasteiger partial charge in [0.15, 0.2) is 0 Å². The number of nitrogens with zero attached hydrogens (tertiary/aromatic N) is 2. The van der Waals surface area contributed by atoms with Crippen LogP contribution < -0.4 is 5.32 Å². The molecular formula is C18H18N4OS. The van der Waals surface area contributed by atoms with Crippen LogP contribution in [0.15, 0.2) is 41.9 Å². The number of aryl methyl sites for hydroxylation is 1. The van der Waals surface area contributed by atoms with Crippen molar-refractivity contribution in [1.29, 1.82) is 0 Å². The molecule has 0 bridgehead atoms. The molecule has 0 aliphatic heterocycles. The second-order valence-electron chi connectivity index (χ2n) is 6.08. The van der Waals surface area contributed by atoms with Crippen molar-refractivity contribution in [3.05, 3.63) is 69.4 Å². The number of H-pyrrole nitrogens is 1. The van der Waals surface area contributed by atoms with Crippen molar-refractivity contribution in [3.63, 3.8) is 0 Å². The molecule has 0 fully saturated rings. The number of nitrogens with one attached hydrogen (secondary N) is 2. The van der Waals surface area contributed by atoms with E-state index in [0.29, 0.717) is 5.69 Å². The second kappa shape index (κ2) is 6.57. The molecule has 1 amide bonds. The highest BCUT2D eigenvalue weighted by Gasteiger charge is 2.22. The van der Waals surface area contributed by atoms with Crippen LogP contribution in [0, 0.1) is 0 Å². The summed E-state index contributed by atoms with van der Waals surface area (Å²) in [6, 6.07) is 10.3. The van der Waals surface area contributed by atoms with Crippen molar-refractivity contribution in [1.82, 2.24) is 20.5 Å². The topological polar surface area (TPSA) is 70.7 Å². The van der Waals surface area contributed by atoms with Crippen molar-refractivity contribution in [3.8, 4) is 0 Å². The number of benzene rings is 1. The normalized spacial score (nSPS) is 16.6. The standard InChI is InChI=1S/C18H18N4OS/c23-18(20-14-6-7-15-13(9-14)10-19-22-15)16-11-24-17(21-16)8-12-4-2-1-3-5-12/h1-5,10-11,14H,6-9H2,(H,19,22)(H,20,23)/t14-/m1/s1. The second-order valence-corrected chi connectivity index (χ2v) is 7.02. The van der Waals surface area contributed by atoms with E-state index in [4.69, 9.17) is 0 Å². The van der Waals surface area contributed by atoms with Crippen LogP contribution in [0.25, 0.3) is 0 Å². The first-order valence-electron chi connectivity index (χ1n) is 8.08. The van der Waals surface area contributed by atoms with E-state index in [1.54, 1.807) is 0 Å². The third-order valence-electron chi connectivity index (χ3n) is 4.33. The quantitative estimate of drug-likeness (QED) is 0.768. The zero-order chi connectivity index (χ0) is 16.4. The van der Waals surface area contributed by atoms with E-state index >= 15 is 0 Å². The summed E-state index contributed by atoms with van der Waals surface area (Å²) in [5, 5.41) is 13.0. The van der Waals surface area contributed by atoms with Crippen LogP contribution in [0.3, 0.4) is 0 Å². The zero-order valence-corrected chi connectivity index (χ0v) is 14.0. The molecule has 4 rings (SSSR count). The minimum absolute atomic E-state index is 0.0810. The summed E-state index contributed by atoms with van der Waals surface area (Å²) < 4.78 is 0. The van der Waals surface area contributed by atoms with Crippen molar-refractivity contribution in [2.75, 3.05) is 0 Å². The van der Waals surface area contributed by atoms with Gasteiger partial charge in [-0.2, -0.15) is 5.10 Å². The minimum atomic E-state index is -0.0810. The van der Waals surface area contributed by atoms with Gasteiger partial charge in [-0.3, -0.25) is 9.89 Å². The smallest absolute Gasteiger partial charge is 0.270 e. The van der Waals surface area contributed by atoms with Gasteiger partial charge in [-0.1, -0.05) is 30.3 Å². The maximum absolute atomic E-state index is 12.4. The number of amides is 1. The summed E-state index contributed by atoms with van der Waals surface area (Å²) in [5.74, 6) is -0.0810. The lowest BCUT2D eigenvalue weighted by atomic mass is 9.93. The van der Waals surface area contributed by atoms with Gasteiger partial charge in [-0.15, -0.1) is 11.3 Å². The Hall–Kier alpha value is -2.47. The average Bonchev–Trinajstić information content (AvgIpc) is 3.24. The van der Waals surface area contributed by atoms with Crippen LogP contribution in [0.2, 0.25) is 0 Å². The van der Waals surface area contributed by atoms with Crippen LogP contribution in [-0.4, -0.2) is 27.1 Å². The van der Waals surface area contributed by atoms with Gasteiger partial charge in [0, 0.05) is 23.5 Å². The Bertz CT molecular complexity index is 840. The number of hydrogen-bond acceptors (Lipinski definition) is 4. The van der Waals surface area contributed by atoms with E-state index in [-0.39, 0.29) is 11.9 Å². The number of rotatable bonds is 4. The summed E-state index contributed by atoms with van der Waals surface area (Å²) in [7, 11) is 0. The lowest BCUT2D eigenvalue weighted by Crippen LogP contribution is -2.38. The number of fused-ring (bicyclic) bond motifs is 1. The van der Waals surface area contributed by atoms with Crippen molar-refractivity contribution in [2.45, 2.75) is 31.7 Å². The van der Waals surface area contributed by atoms with Gasteiger partial charge in [0.25, 0.3) is 5.91 Å². The zero-order valence-electron chi connectivity index (χ0n) is 13.2. The third-order valence-corrected chi connectivity index (χ3v) is 5.18. The molecule has 0 radical (unpaired) electrons. The molecule has 3 aromatic rings. The fourth-order valence-electron chi connectivity index (χ4n) is 3.07. The molecule has 6 heteroatoms. The molecule has 5 nitrogen and oxygen atoms in total. The molecule has 2 heterocycles. The SMILES string of the molecule is O=C(N[C@@H]1CCc2[nH]ncc2C1)c1csc(Cc2ccccc2)n1. The van der Waals surface area contributed by atoms with Crippen LogP contribution in [0.5, 0.6) is 0 Å². The van der Waals surface area contributed by atoms with Gasteiger partial charge in [0.2, 0.25) is 0 Å². The van der Waals surface area contributed by atoms with Gasteiger partial charge in [0.05, 0.1) is 11.2 Å². The Morgan fingerprint density at radius 3 is 3.08 bits per heavy atom. The van der Waals surface area contributed by atoms with Crippen LogP contribution >= 0.6 is 11.3 Å². The number of carbonyl (C=O) groups is 1. The molecule has 24 heavy (non-hydrogen) atoms. The van der Waals surface area contributed by atoms with Gasteiger partial charge >= 0.3 is 0 Å². The number of aromatic nitrogens is 3. The predicted octanol–water partition coefficient (Wildman–Crippen LogP) is 2.74. The molecule has 0 unspecified atom stereocenters. The van der Waals surface area contributed by atoms with E-state index in [9.17, 15) is 4.79 Å². The molecule has 0 saturated carbocycles. The van der Waals surface area contributed by atoms with E-state index in [1.807, 2.05) is 29.8 Å². The highest BCUT2D eigenvalue weighted by molar-refractivity contribution is 7.09. The first-order chi connectivity index (χ1) is 11.8. The largest absolute Gasteiger partial charge is 0.348 e. The average molecular weight is 338 g/mol. The summed E-state index contributed by atoms with van der Waals surface area (Å²) in [4.78, 5) is 16.9. The molecule has 1 aliphatic rings. The first kappa shape index (κ1) is 15.1. The van der Waals surface area contributed by atoms with Gasteiger partial charge in [-0.05, 0) is 30.4 Å². The van der Waals surface area contributed by atoms with Crippen LogP contribution in [0.4, 0.5) is 0 Å². The van der Waals surface area contributed by atoms with Crippen molar-refractivity contribution < 1.29 is 4.79 Å². The van der Waals surface area contributed by atoms with Gasteiger partial charge in [0.1, 0.15) is 5.69 Å².